The molecule has 0 heterocycles. The standard InChI is InChI=1S/C12H25NO2Si/c1-7-12(13,8-2)16(5,6)9-15-11(14)10(3)4/h3,7-9,13H2,1-2,4-6H3. The van der Waals surface area contributed by atoms with Crippen molar-refractivity contribution in [3.8, 4) is 0 Å². The minimum absolute atomic E-state index is 0.164. The zero-order valence-electron chi connectivity index (χ0n) is 11.2. The Balaban J connectivity index is 4.56. The van der Waals surface area contributed by atoms with Crippen molar-refractivity contribution in [3.05, 3.63) is 12.2 Å². The molecule has 0 saturated heterocycles. The Hall–Kier alpha value is -0.613. The topological polar surface area (TPSA) is 52.3 Å². The van der Waals surface area contributed by atoms with E-state index in [-0.39, 0.29) is 11.1 Å². The summed E-state index contributed by atoms with van der Waals surface area (Å²) >= 11 is 0. The molecule has 16 heavy (non-hydrogen) atoms. The van der Waals surface area contributed by atoms with Crippen LogP contribution in [0.2, 0.25) is 13.1 Å². The third kappa shape index (κ3) is 3.45. The van der Waals surface area contributed by atoms with Crippen LogP contribution in [0.25, 0.3) is 0 Å². The molecule has 0 bridgehead atoms. The van der Waals surface area contributed by atoms with Crippen LogP contribution in [0.15, 0.2) is 12.2 Å². The van der Waals surface area contributed by atoms with Gasteiger partial charge in [0.15, 0.2) is 0 Å². The molecular weight excluding hydrogens is 218 g/mol. The molecule has 4 heteroatoms. The van der Waals surface area contributed by atoms with E-state index in [1.54, 1.807) is 6.92 Å². The highest BCUT2D eigenvalue weighted by atomic mass is 28.3. The maximum absolute atomic E-state index is 11.4. The lowest BCUT2D eigenvalue weighted by Gasteiger charge is -2.40. The van der Waals surface area contributed by atoms with E-state index in [0.29, 0.717) is 11.8 Å². The average molecular weight is 243 g/mol. The first kappa shape index (κ1) is 15.4. The fourth-order valence-electron chi connectivity index (χ4n) is 1.72. The van der Waals surface area contributed by atoms with Gasteiger partial charge in [-0.05, 0) is 19.8 Å². The fourth-order valence-corrected chi connectivity index (χ4v) is 4.41. The van der Waals surface area contributed by atoms with Crippen LogP contribution in [0.3, 0.4) is 0 Å². The molecule has 0 aliphatic carbocycles. The number of esters is 1. The number of carbonyl (C=O) groups excluding carboxylic acids is 1. The van der Waals surface area contributed by atoms with Gasteiger partial charge < -0.3 is 10.5 Å². The van der Waals surface area contributed by atoms with Crippen LogP contribution in [-0.2, 0) is 9.53 Å². The molecule has 0 amide bonds. The monoisotopic (exact) mass is 243 g/mol. The second-order valence-corrected chi connectivity index (χ2v) is 10.2. The van der Waals surface area contributed by atoms with E-state index in [1.165, 1.54) is 0 Å². The smallest absolute Gasteiger partial charge is 0.332 e. The van der Waals surface area contributed by atoms with Gasteiger partial charge in [0.05, 0.1) is 6.23 Å². The Labute approximate surface area is 100 Å². The van der Waals surface area contributed by atoms with Gasteiger partial charge in [0, 0.05) is 10.7 Å². The summed E-state index contributed by atoms with van der Waals surface area (Å²) in [6, 6.07) is 0. The molecule has 0 aromatic carbocycles. The summed E-state index contributed by atoms with van der Waals surface area (Å²) in [5.74, 6) is -0.310. The number of ether oxygens (including phenoxy) is 1. The molecule has 0 aliphatic rings. The number of carbonyl (C=O) groups is 1. The zero-order chi connectivity index (χ0) is 13.0. The van der Waals surface area contributed by atoms with Crippen molar-refractivity contribution in [2.45, 2.75) is 51.9 Å². The summed E-state index contributed by atoms with van der Waals surface area (Å²) in [6.45, 7) is 13.8. The van der Waals surface area contributed by atoms with Crippen molar-refractivity contribution >= 4 is 14.0 Å². The Bertz CT molecular complexity index is 270. The number of hydrogen-bond donors (Lipinski definition) is 1. The third-order valence-electron chi connectivity index (χ3n) is 3.52. The van der Waals surface area contributed by atoms with E-state index in [0.717, 1.165) is 12.8 Å². The van der Waals surface area contributed by atoms with Crippen LogP contribution in [0, 0.1) is 0 Å². The number of nitrogens with two attached hydrogens (primary N) is 1. The van der Waals surface area contributed by atoms with Gasteiger partial charge >= 0.3 is 5.97 Å². The van der Waals surface area contributed by atoms with Crippen molar-refractivity contribution in [3.63, 3.8) is 0 Å². The molecular formula is C12H25NO2Si. The molecule has 0 fully saturated rings. The highest BCUT2D eigenvalue weighted by molar-refractivity contribution is 6.80. The Kier molecular flexibility index (Phi) is 5.42. The molecule has 0 saturated carbocycles. The summed E-state index contributed by atoms with van der Waals surface area (Å²) < 4.78 is 5.26. The average Bonchev–Trinajstić information content (AvgIpc) is 2.24. The summed E-state index contributed by atoms with van der Waals surface area (Å²) in [6.07, 6.45) is 2.32. The second kappa shape index (κ2) is 5.64. The van der Waals surface area contributed by atoms with Crippen molar-refractivity contribution in [1.82, 2.24) is 0 Å². The normalized spacial score (nSPS) is 12.4. The van der Waals surface area contributed by atoms with Gasteiger partial charge in [-0.3, -0.25) is 0 Å². The Morgan fingerprint density at radius 2 is 1.81 bits per heavy atom. The predicted molar refractivity (Wildman–Crippen MR) is 70.8 cm³/mol. The van der Waals surface area contributed by atoms with Crippen LogP contribution in [0.1, 0.15) is 33.6 Å². The molecule has 0 aliphatic heterocycles. The molecule has 3 nitrogen and oxygen atoms in total. The van der Waals surface area contributed by atoms with Crippen LogP contribution in [0.5, 0.6) is 0 Å². The molecule has 0 spiro atoms. The van der Waals surface area contributed by atoms with Crippen LogP contribution < -0.4 is 5.73 Å². The highest BCUT2D eigenvalue weighted by Crippen LogP contribution is 2.25. The van der Waals surface area contributed by atoms with Gasteiger partial charge in [-0.15, -0.1) is 0 Å². The van der Waals surface area contributed by atoms with Gasteiger partial charge in [-0.2, -0.15) is 0 Å². The van der Waals surface area contributed by atoms with Crippen molar-refractivity contribution in [1.29, 1.82) is 0 Å². The molecule has 0 aromatic heterocycles. The molecule has 2 N–H and O–H groups in total. The molecule has 94 valence electrons. The lowest BCUT2D eigenvalue weighted by Crippen LogP contribution is -2.63. The van der Waals surface area contributed by atoms with Crippen LogP contribution in [0.4, 0.5) is 0 Å². The molecule has 0 atom stereocenters. The van der Waals surface area contributed by atoms with Gasteiger partial charge in [-0.25, -0.2) is 4.79 Å². The van der Waals surface area contributed by atoms with E-state index < -0.39 is 8.07 Å². The van der Waals surface area contributed by atoms with Gasteiger partial charge in [0.25, 0.3) is 0 Å². The third-order valence-corrected chi connectivity index (χ3v) is 7.79. The first-order chi connectivity index (χ1) is 7.20. The number of hydrogen-bond acceptors (Lipinski definition) is 3. The predicted octanol–water partition coefficient (Wildman–Crippen LogP) is 2.41. The Morgan fingerprint density at radius 3 is 2.12 bits per heavy atom. The first-order valence-electron chi connectivity index (χ1n) is 5.81. The molecule has 0 rings (SSSR count). The second-order valence-electron chi connectivity index (χ2n) is 5.10. The van der Waals surface area contributed by atoms with Gasteiger partial charge in [-0.1, -0.05) is 33.5 Å². The highest BCUT2D eigenvalue weighted by Gasteiger charge is 2.42. The molecule has 0 aromatic rings. The zero-order valence-corrected chi connectivity index (χ0v) is 12.2. The quantitative estimate of drug-likeness (QED) is 0.443. The van der Waals surface area contributed by atoms with Gasteiger partial charge in [0.2, 0.25) is 0 Å². The van der Waals surface area contributed by atoms with Gasteiger partial charge in [0.1, 0.15) is 8.07 Å². The molecule has 0 radical (unpaired) electrons. The van der Waals surface area contributed by atoms with Crippen molar-refractivity contribution < 1.29 is 9.53 Å². The Morgan fingerprint density at radius 1 is 1.38 bits per heavy atom. The molecule has 0 unspecified atom stereocenters. The minimum atomic E-state index is -1.77. The first-order valence-corrected chi connectivity index (χ1v) is 9.02. The summed E-state index contributed by atoms with van der Waals surface area (Å²) in [4.78, 5) is 11.4. The minimum Gasteiger partial charge on any atom is -0.466 e. The van der Waals surface area contributed by atoms with E-state index in [1.807, 2.05) is 0 Å². The largest absolute Gasteiger partial charge is 0.466 e. The number of rotatable bonds is 6. The van der Waals surface area contributed by atoms with Crippen LogP contribution in [-0.4, -0.2) is 25.4 Å². The maximum atomic E-state index is 11.4. The lowest BCUT2D eigenvalue weighted by atomic mass is 10.2. The fraction of sp³-hybridized carbons (Fsp3) is 0.750. The van der Waals surface area contributed by atoms with Crippen molar-refractivity contribution in [2.24, 2.45) is 5.73 Å². The SMILES string of the molecule is C=C(C)C(=O)OC[Si](C)(C)C(N)(CC)CC. The summed E-state index contributed by atoms with van der Waals surface area (Å²) in [5.41, 5.74) is 6.83. The summed E-state index contributed by atoms with van der Waals surface area (Å²) in [5, 5.41) is -0.164. The summed E-state index contributed by atoms with van der Waals surface area (Å²) in [7, 11) is -1.77. The van der Waals surface area contributed by atoms with E-state index >= 15 is 0 Å². The van der Waals surface area contributed by atoms with E-state index in [9.17, 15) is 4.79 Å². The lowest BCUT2D eigenvalue weighted by molar-refractivity contribution is -0.137. The maximum Gasteiger partial charge on any atom is 0.332 e. The van der Waals surface area contributed by atoms with Crippen molar-refractivity contribution in [2.75, 3.05) is 6.23 Å². The van der Waals surface area contributed by atoms with Crippen LogP contribution >= 0.6 is 0 Å². The van der Waals surface area contributed by atoms with E-state index in [2.05, 4.69) is 33.5 Å². The van der Waals surface area contributed by atoms with E-state index in [4.69, 9.17) is 10.5 Å².